The summed E-state index contributed by atoms with van der Waals surface area (Å²) >= 11 is 0. The van der Waals surface area contributed by atoms with E-state index in [1.165, 1.54) is 5.56 Å². The fourth-order valence-electron chi connectivity index (χ4n) is 3.29. The second-order valence-corrected chi connectivity index (χ2v) is 6.15. The Hall–Kier alpha value is -2.88. The lowest BCUT2D eigenvalue weighted by Gasteiger charge is -2.21. The summed E-state index contributed by atoms with van der Waals surface area (Å²) in [5, 5.41) is 0. The number of aromatic nitrogens is 1. The Morgan fingerprint density at radius 2 is 1.83 bits per heavy atom. The van der Waals surface area contributed by atoms with Crippen molar-refractivity contribution in [1.29, 1.82) is 0 Å². The highest BCUT2D eigenvalue weighted by Crippen LogP contribution is 2.34. The van der Waals surface area contributed by atoms with Crippen molar-refractivity contribution in [2.45, 2.75) is 26.3 Å². The molecule has 0 radical (unpaired) electrons. The van der Waals surface area contributed by atoms with Gasteiger partial charge in [-0.3, -0.25) is 4.79 Å². The molecule has 1 aliphatic heterocycles. The van der Waals surface area contributed by atoms with Gasteiger partial charge in [-0.1, -0.05) is 36.4 Å². The minimum absolute atomic E-state index is 0.101. The largest absolute Gasteiger partial charge is 0.441 e. The lowest BCUT2D eigenvalue weighted by molar-refractivity contribution is 0.0976. The van der Waals surface area contributed by atoms with E-state index in [1.54, 1.807) is 6.92 Å². The van der Waals surface area contributed by atoms with E-state index in [2.05, 4.69) is 18.0 Å². The quantitative estimate of drug-likeness (QED) is 0.710. The summed E-state index contributed by atoms with van der Waals surface area (Å²) in [4.78, 5) is 19.4. The summed E-state index contributed by atoms with van der Waals surface area (Å²) in [7, 11) is 0. The predicted octanol–water partition coefficient (Wildman–Crippen LogP) is 4.24. The normalized spacial score (nSPS) is 16.2. The summed E-state index contributed by atoms with van der Waals surface area (Å²) in [5.41, 5.74) is 3.42. The van der Waals surface area contributed by atoms with Gasteiger partial charge in [-0.2, -0.15) is 0 Å². The highest BCUT2D eigenvalue weighted by Gasteiger charge is 2.33. The molecular weight excluding hydrogens is 300 g/mol. The zero-order valence-corrected chi connectivity index (χ0v) is 13.7. The maximum absolute atomic E-state index is 13.1. The molecule has 1 aromatic heterocycles. The van der Waals surface area contributed by atoms with Gasteiger partial charge in [0.1, 0.15) is 5.76 Å². The molecule has 4 nitrogen and oxygen atoms in total. The van der Waals surface area contributed by atoms with Crippen molar-refractivity contribution in [3.63, 3.8) is 0 Å². The number of hydrogen-bond acceptors (Lipinski definition) is 3. The zero-order chi connectivity index (χ0) is 16.7. The third-order valence-corrected chi connectivity index (χ3v) is 4.45. The first-order chi connectivity index (χ1) is 11.6. The van der Waals surface area contributed by atoms with Gasteiger partial charge in [0, 0.05) is 17.3 Å². The Kier molecular flexibility index (Phi) is 3.45. The van der Waals surface area contributed by atoms with Gasteiger partial charge in [-0.15, -0.1) is 0 Å². The number of oxazole rings is 1. The van der Waals surface area contributed by atoms with Gasteiger partial charge in [0.2, 0.25) is 5.89 Å². The summed E-state index contributed by atoms with van der Waals surface area (Å²) in [6, 6.07) is 17.8. The van der Waals surface area contributed by atoms with E-state index >= 15 is 0 Å². The first kappa shape index (κ1) is 14.7. The molecule has 1 amide bonds. The number of para-hydroxylation sites is 1. The second-order valence-electron chi connectivity index (χ2n) is 6.15. The molecule has 0 unspecified atom stereocenters. The second kappa shape index (κ2) is 5.64. The number of rotatable bonds is 2. The van der Waals surface area contributed by atoms with Crippen LogP contribution in [0.25, 0.3) is 11.5 Å². The number of benzene rings is 2. The van der Waals surface area contributed by atoms with Gasteiger partial charge < -0.3 is 9.32 Å². The molecule has 120 valence electrons. The van der Waals surface area contributed by atoms with Crippen molar-refractivity contribution in [1.82, 2.24) is 4.98 Å². The number of aryl methyl sites for hydroxylation is 1. The molecule has 0 saturated carbocycles. The first-order valence-corrected chi connectivity index (χ1v) is 8.09. The van der Waals surface area contributed by atoms with Gasteiger partial charge in [-0.05, 0) is 44.0 Å². The minimum atomic E-state index is -0.101. The van der Waals surface area contributed by atoms with Crippen LogP contribution >= 0.6 is 0 Å². The number of fused-ring (bicyclic) bond motifs is 1. The number of carbonyl (C=O) groups excluding carboxylic acids is 1. The van der Waals surface area contributed by atoms with E-state index in [4.69, 9.17) is 4.42 Å². The Bertz CT molecular complexity index is 899. The summed E-state index contributed by atoms with van der Waals surface area (Å²) in [6.07, 6.45) is 0.865. The maximum atomic E-state index is 13.1. The highest BCUT2D eigenvalue weighted by molar-refractivity contribution is 6.07. The number of nitrogens with zero attached hydrogens (tertiary/aromatic N) is 2. The van der Waals surface area contributed by atoms with Crippen molar-refractivity contribution < 1.29 is 9.21 Å². The van der Waals surface area contributed by atoms with Crippen molar-refractivity contribution in [2.75, 3.05) is 4.90 Å². The van der Waals surface area contributed by atoms with E-state index in [1.807, 2.05) is 53.4 Å². The van der Waals surface area contributed by atoms with Crippen LogP contribution in [0.3, 0.4) is 0 Å². The molecule has 3 aromatic rings. The Morgan fingerprint density at radius 3 is 2.62 bits per heavy atom. The van der Waals surface area contributed by atoms with E-state index in [9.17, 15) is 4.79 Å². The lowest BCUT2D eigenvalue weighted by Crippen LogP contribution is -2.36. The van der Waals surface area contributed by atoms with Crippen molar-refractivity contribution in [3.8, 4) is 11.5 Å². The van der Waals surface area contributed by atoms with Crippen LogP contribution in [-0.4, -0.2) is 16.9 Å². The monoisotopic (exact) mass is 318 g/mol. The maximum Gasteiger partial charge on any atom is 0.280 e. The Morgan fingerprint density at radius 1 is 1.12 bits per heavy atom. The number of hydrogen-bond donors (Lipinski definition) is 0. The fourth-order valence-corrected chi connectivity index (χ4v) is 3.29. The summed E-state index contributed by atoms with van der Waals surface area (Å²) in [6.45, 7) is 3.85. The van der Waals surface area contributed by atoms with Crippen LogP contribution in [0.5, 0.6) is 0 Å². The van der Waals surface area contributed by atoms with Crippen LogP contribution in [0, 0.1) is 6.92 Å². The standard InChI is InChI=1S/C20H18N2O2/c1-13-12-16-10-6-7-11-17(16)22(13)20(23)18-14(2)24-19(21-18)15-8-4-3-5-9-15/h3-11,13H,12H2,1-2H3/t13-/m1/s1. The summed E-state index contributed by atoms with van der Waals surface area (Å²) < 4.78 is 5.75. The molecule has 0 bridgehead atoms. The predicted molar refractivity (Wildman–Crippen MR) is 93.1 cm³/mol. The zero-order valence-electron chi connectivity index (χ0n) is 13.7. The SMILES string of the molecule is Cc1oc(-c2ccccc2)nc1C(=O)N1c2ccccc2C[C@H]1C. The molecule has 24 heavy (non-hydrogen) atoms. The van der Waals surface area contributed by atoms with Gasteiger partial charge in [0.15, 0.2) is 5.69 Å². The first-order valence-electron chi connectivity index (χ1n) is 8.09. The highest BCUT2D eigenvalue weighted by atomic mass is 16.4. The number of carbonyl (C=O) groups is 1. The van der Waals surface area contributed by atoms with Crippen LogP contribution in [0.1, 0.15) is 28.7 Å². The third kappa shape index (κ3) is 2.31. The van der Waals surface area contributed by atoms with Gasteiger partial charge in [-0.25, -0.2) is 4.98 Å². The average Bonchev–Trinajstić information content (AvgIpc) is 3.14. The molecule has 1 atom stereocenters. The average molecular weight is 318 g/mol. The van der Waals surface area contributed by atoms with E-state index in [-0.39, 0.29) is 11.9 Å². The van der Waals surface area contributed by atoms with E-state index in [0.717, 1.165) is 17.7 Å². The summed E-state index contributed by atoms with van der Waals surface area (Å²) in [5.74, 6) is 0.933. The van der Waals surface area contributed by atoms with Crippen LogP contribution in [0.2, 0.25) is 0 Å². The Labute approximate surface area is 140 Å². The molecule has 2 heterocycles. The van der Waals surface area contributed by atoms with Crippen LogP contribution in [0.4, 0.5) is 5.69 Å². The van der Waals surface area contributed by atoms with Gasteiger partial charge in [0.25, 0.3) is 5.91 Å². The molecule has 0 fully saturated rings. The van der Waals surface area contributed by atoms with E-state index in [0.29, 0.717) is 17.3 Å². The van der Waals surface area contributed by atoms with Crippen LogP contribution < -0.4 is 4.90 Å². The molecule has 2 aromatic carbocycles. The van der Waals surface area contributed by atoms with Crippen LogP contribution in [-0.2, 0) is 6.42 Å². The smallest absolute Gasteiger partial charge is 0.280 e. The van der Waals surface area contributed by atoms with Crippen molar-refractivity contribution >= 4 is 11.6 Å². The fraction of sp³-hybridized carbons (Fsp3) is 0.200. The minimum Gasteiger partial charge on any atom is -0.441 e. The number of anilines is 1. The number of amides is 1. The topological polar surface area (TPSA) is 46.3 Å². The molecule has 4 rings (SSSR count). The van der Waals surface area contributed by atoms with E-state index < -0.39 is 0 Å². The van der Waals surface area contributed by atoms with Crippen LogP contribution in [0.15, 0.2) is 59.0 Å². The van der Waals surface area contributed by atoms with Crippen molar-refractivity contribution in [3.05, 3.63) is 71.6 Å². The molecular formula is C20H18N2O2. The van der Waals surface area contributed by atoms with Gasteiger partial charge in [0.05, 0.1) is 0 Å². The third-order valence-electron chi connectivity index (χ3n) is 4.45. The molecule has 0 saturated heterocycles. The Balaban J connectivity index is 1.72. The lowest BCUT2D eigenvalue weighted by atomic mass is 10.1. The van der Waals surface area contributed by atoms with Crippen molar-refractivity contribution in [2.24, 2.45) is 0 Å². The molecule has 4 heteroatoms. The van der Waals surface area contributed by atoms with Gasteiger partial charge >= 0.3 is 0 Å². The molecule has 0 N–H and O–H groups in total. The molecule has 1 aliphatic rings. The molecule has 0 spiro atoms. The molecule has 0 aliphatic carbocycles.